The normalized spacial score (nSPS) is 10.7. The minimum Gasteiger partial charge on any atom is -0.265 e. The molecule has 0 fully saturated rings. The second-order valence-corrected chi connectivity index (χ2v) is 6.58. The van der Waals surface area contributed by atoms with Crippen molar-refractivity contribution in [1.29, 1.82) is 0 Å². The van der Waals surface area contributed by atoms with Gasteiger partial charge in [-0.2, -0.15) is 0 Å². The van der Waals surface area contributed by atoms with Gasteiger partial charge in [-0.05, 0) is 36.4 Å². The quantitative estimate of drug-likeness (QED) is 0.443. The van der Waals surface area contributed by atoms with E-state index in [-0.39, 0.29) is 0 Å². The lowest BCUT2D eigenvalue weighted by molar-refractivity contribution is 1.07. The molecule has 0 aliphatic rings. The van der Waals surface area contributed by atoms with Crippen LogP contribution in [-0.4, -0.2) is 29.9 Å². The second kappa shape index (κ2) is 7.97. The molecular formula is C24H16N6. The highest BCUT2D eigenvalue weighted by molar-refractivity contribution is 5.67. The van der Waals surface area contributed by atoms with Gasteiger partial charge in [-0.1, -0.05) is 30.3 Å². The van der Waals surface area contributed by atoms with Gasteiger partial charge in [0, 0.05) is 53.2 Å². The summed E-state index contributed by atoms with van der Waals surface area (Å²) in [6.07, 6.45) is 8.69. The number of hydrogen-bond acceptors (Lipinski definition) is 6. The Bertz CT molecular complexity index is 1200. The lowest BCUT2D eigenvalue weighted by atomic mass is 10.1. The number of hydrogen-bond donors (Lipinski definition) is 0. The van der Waals surface area contributed by atoms with Crippen LogP contribution < -0.4 is 0 Å². The highest BCUT2D eigenvalue weighted by Gasteiger charge is 2.12. The summed E-state index contributed by atoms with van der Waals surface area (Å²) in [7, 11) is 0. The van der Waals surface area contributed by atoms with E-state index in [1.165, 1.54) is 0 Å². The molecule has 0 aliphatic carbocycles. The predicted octanol–water partition coefficient (Wildman–Crippen LogP) is 4.72. The summed E-state index contributed by atoms with van der Waals surface area (Å²) in [4.78, 5) is 26.8. The van der Waals surface area contributed by atoms with Gasteiger partial charge in [0.15, 0.2) is 17.5 Å². The first-order valence-electron chi connectivity index (χ1n) is 9.45. The molecule has 5 rings (SSSR count). The first kappa shape index (κ1) is 17.8. The molecule has 4 heterocycles. The maximum Gasteiger partial charge on any atom is 0.165 e. The van der Waals surface area contributed by atoms with Crippen molar-refractivity contribution in [3.05, 3.63) is 97.7 Å². The molecule has 1 aromatic carbocycles. The molecule has 0 radical (unpaired) electrons. The Kier molecular flexibility index (Phi) is 4.72. The topological polar surface area (TPSA) is 77.3 Å². The lowest BCUT2D eigenvalue weighted by Crippen LogP contribution is -2.00. The third-order valence-corrected chi connectivity index (χ3v) is 4.60. The van der Waals surface area contributed by atoms with E-state index in [0.717, 1.165) is 27.9 Å². The molecule has 0 bridgehead atoms. The fourth-order valence-electron chi connectivity index (χ4n) is 3.07. The summed E-state index contributed by atoms with van der Waals surface area (Å²) in [5, 5.41) is 0. The molecular weight excluding hydrogens is 372 g/mol. The Morgan fingerprint density at radius 1 is 0.433 bits per heavy atom. The Balaban J connectivity index is 1.60. The molecule has 0 spiro atoms. The maximum atomic E-state index is 4.70. The van der Waals surface area contributed by atoms with Crippen LogP contribution in [0.3, 0.4) is 0 Å². The van der Waals surface area contributed by atoms with Crippen LogP contribution in [0, 0.1) is 0 Å². The van der Waals surface area contributed by atoms with E-state index in [1.54, 1.807) is 31.0 Å². The van der Waals surface area contributed by atoms with Gasteiger partial charge in [0.05, 0.1) is 5.69 Å². The van der Waals surface area contributed by atoms with Crippen molar-refractivity contribution in [2.75, 3.05) is 0 Å². The summed E-state index contributed by atoms with van der Waals surface area (Å²) in [5.74, 6) is 1.73. The van der Waals surface area contributed by atoms with E-state index in [9.17, 15) is 0 Å². The van der Waals surface area contributed by atoms with Crippen LogP contribution in [0.1, 0.15) is 0 Å². The van der Waals surface area contributed by atoms with Gasteiger partial charge in [-0.3, -0.25) is 15.0 Å². The number of rotatable bonds is 4. The van der Waals surface area contributed by atoms with E-state index < -0.39 is 0 Å². The van der Waals surface area contributed by atoms with Crippen LogP contribution >= 0.6 is 0 Å². The Morgan fingerprint density at radius 2 is 0.967 bits per heavy atom. The fraction of sp³-hybridized carbons (Fsp3) is 0. The number of nitrogens with zero attached hydrogens (tertiary/aromatic N) is 6. The molecule has 142 valence electrons. The van der Waals surface area contributed by atoms with Crippen LogP contribution in [0.5, 0.6) is 0 Å². The van der Waals surface area contributed by atoms with Gasteiger partial charge in [0.2, 0.25) is 0 Å². The molecule has 0 N–H and O–H groups in total. The van der Waals surface area contributed by atoms with Crippen molar-refractivity contribution in [3.8, 4) is 45.4 Å². The molecule has 4 aromatic heterocycles. The maximum absolute atomic E-state index is 4.70. The van der Waals surface area contributed by atoms with E-state index in [2.05, 4.69) is 19.9 Å². The Morgan fingerprint density at radius 3 is 1.47 bits per heavy atom. The van der Waals surface area contributed by atoms with Gasteiger partial charge in [0.1, 0.15) is 0 Å². The molecule has 6 nitrogen and oxygen atoms in total. The van der Waals surface area contributed by atoms with Crippen LogP contribution in [0.4, 0.5) is 0 Å². The molecule has 0 aliphatic heterocycles. The summed E-state index contributed by atoms with van der Waals surface area (Å²) < 4.78 is 0. The van der Waals surface area contributed by atoms with Crippen molar-refractivity contribution >= 4 is 0 Å². The molecule has 0 saturated heterocycles. The Hall–Kier alpha value is -4.32. The number of pyridine rings is 3. The van der Waals surface area contributed by atoms with Crippen molar-refractivity contribution in [2.45, 2.75) is 0 Å². The molecule has 30 heavy (non-hydrogen) atoms. The third-order valence-electron chi connectivity index (χ3n) is 4.60. The van der Waals surface area contributed by atoms with E-state index >= 15 is 0 Å². The average molecular weight is 388 g/mol. The highest BCUT2D eigenvalue weighted by atomic mass is 15.0. The smallest absolute Gasteiger partial charge is 0.165 e. The van der Waals surface area contributed by atoms with Crippen molar-refractivity contribution in [1.82, 2.24) is 29.9 Å². The van der Waals surface area contributed by atoms with Gasteiger partial charge >= 0.3 is 0 Å². The standard InChI is InChI=1S/C24H16N6/c1-2-4-17(5-3-1)21-7-6-20(16-27-21)24-29-22(18-8-12-25-13-9-18)28-23(30-24)19-10-14-26-15-11-19/h1-16H. The first-order chi connectivity index (χ1) is 14.9. The van der Waals surface area contributed by atoms with Gasteiger partial charge in [0.25, 0.3) is 0 Å². The summed E-state index contributed by atoms with van der Waals surface area (Å²) in [6.45, 7) is 0. The van der Waals surface area contributed by atoms with Crippen LogP contribution in [0.2, 0.25) is 0 Å². The summed E-state index contributed by atoms with van der Waals surface area (Å²) >= 11 is 0. The van der Waals surface area contributed by atoms with Crippen molar-refractivity contribution in [3.63, 3.8) is 0 Å². The molecule has 0 unspecified atom stereocenters. The third kappa shape index (κ3) is 3.66. The highest BCUT2D eigenvalue weighted by Crippen LogP contribution is 2.25. The molecule has 0 saturated carbocycles. The molecule has 0 amide bonds. The van der Waals surface area contributed by atoms with Crippen LogP contribution in [-0.2, 0) is 0 Å². The monoisotopic (exact) mass is 388 g/mol. The largest absolute Gasteiger partial charge is 0.265 e. The SMILES string of the molecule is c1ccc(-c2ccc(-c3nc(-c4ccncc4)nc(-c4ccncc4)n3)cn2)cc1. The van der Waals surface area contributed by atoms with Crippen LogP contribution in [0.15, 0.2) is 97.7 Å². The predicted molar refractivity (Wildman–Crippen MR) is 115 cm³/mol. The van der Waals surface area contributed by atoms with Gasteiger partial charge < -0.3 is 0 Å². The zero-order chi connectivity index (χ0) is 20.2. The van der Waals surface area contributed by atoms with E-state index in [4.69, 9.17) is 9.97 Å². The number of benzene rings is 1. The van der Waals surface area contributed by atoms with E-state index in [0.29, 0.717) is 17.5 Å². The molecule has 0 atom stereocenters. The minimum atomic E-state index is 0.565. The van der Waals surface area contributed by atoms with Crippen molar-refractivity contribution in [2.24, 2.45) is 0 Å². The minimum absolute atomic E-state index is 0.565. The van der Waals surface area contributed by atoms with Crippen LogP contribution in [0.25, 0.3) is 45.4 Å². The Labute approximate surface area is 173 Å². The lowest BCUT2D eigenvalue weighted by Gasteiger charge is -2.08. The second-order valence-electron chi connectivity index (χ2n) is 6.58. The number of aromatic nitrogens is 6. The fourth-order valence-corrected chi connectivity index (χ4v) is 3.07. The zero-order valence-electron chi connectivity index (χ0n) is 15.9. The summed E-state index contributed by atoms with van der Waals surface area (Å²) in [6, 6.07) is 21.5. The van der Waals surface area contributed by atoms with E-state index in [1.807, 2.05) is 66.7 Å². The zero-order valence-corrected chi connectivity index (χ0v) is 15.9. The summed E-state index contributed by atoms with van der Waals surface area (Å²) in [5.41, 5.74) is 4.53. The van der Waals surface area contributed by atoms with Gasteiger partial charge in [-0.15, -0.1) is 0 Å². The average Bonchev–Trinajstić information content (AvgIpc) is 2.85. The molecule has 6 heteroatoms. The molecule has 5 aromatic rings. The van der Waals surface area contributed by atoms with Crippen molar-refractivity contribution < 1.29 is 0 Å². The van der Waals surface area contributed by atoms with Gasteiger partial charge in [-0.25, -0.2) is 15.0 Å². The first-order valence-corrected chi connectivity index (χ1v) is 9.45.